The Kier molecular flexibility index (Phi) is 5.92. The molecule has 1 aromatic rings. The van der Waals surface area contributed by atoms with E-state index in [4.69, 9.17) is 5.11 Å². The summed E-state index contributed by atoms with van der Waals surface area (Å²) in [7, 11) is 1.80. The van der Waals surface area contributed by atoms with Crippen LogP contribution in [0.5, 0.6) is 0 Å². The molecule has 0 saturated heterocycles. The summed E-state index contributed by atoms with van der Waals surface area (Å²) in [5.74, 6) is 5.63. The predicted molar refractivity (Wildman–Crippen MR) is 83.8 cm³/mol. The van der Waals surface area contributed by atoms with Crippen LogP contribution in [-0.2, 0) is 0 Å². The Morgan fingerprint density at radius 1 is 1.43 bits per heavy atom. The monoisotopic (exact) mass is 288 g/mol. The van der Waals surface area contributed by atoms with Gasteiger partial charge in [0.05, 0.1) is 6.61 Å². The first-order valence-corrected chi connectivity index (χ1v) is 7.10. The van der Waals surface area contributed by atoms with Crippen LogP contribution < -0.4 is 0 Å². The summed E-state index contributed by atoms with van der Waals surface area (Å²) in [6.07, 6.45) is 2.03. The number of hydrogen-bond donors (Lipinski definition) is 1. The van der Waals surface area contributed by atoms with Crippen molar-refractivity contribution >= 4 is 5.91 Å². The second-order valence-electron chi connectivity index (χ2n) is 6.17. The van der Waals surface area contributed by atoms with Gasteiger partial charge in [-0.25, -0.2) is 4.98 Å². The van der Waals surface area contributed by atoms with Gasteiger partial charge in [-0.05, 0) is 24.5 Å². The normalized spacial score (nSPS) is 12.3. The average Bonchev–Trinajstić information content (AvgIpc) is 2.45. The van der Waals surface area contributed by atoms with E-state index >= 15 is 0 Å². The number of pyridine rings is 1. The van der Waals surface area contributed by atoms with Crippen LogP contribution in [0.2, 0.25) is 0 Å². The first-order chi connectivity index (χ1) is 9.77. The van der Waals surface area contributed by atoms with E-state index in [1.165, 1.54) is 0 Å². The minimum Gasteiger partial charge on any atom is -0.395 e. The van der Waals surface area contributed by atoms with Crippen LogP contribution in [0.4, 0.5) is 0 Å². The molecule has 1 rings (SSSR count). The van der Waals surface area contributed by atoms with Gasteiger partial charge in [0.15, 0.2) is 0 Å². The van der Waals surface area contributed by atoms with Gasteiger partial charge in [-0.1, -0.05) is 32.6 Å². The molecule has 0 spiro atoms. The van der Waals surface area contributed by atoms with Crippen molar-refractivity contribution in [2.45, 2.75) is 40.2 Å². The highest BCUT2D eigenvalue weighted by Crippen LogP contribution is 2.23. The molecule has 4 nitrogen and oxygen atoms in total. The molecule has 1 unspecified atom stereocenters. The molecular weight excluding hydrogens is 264 g/mol. The Bertz CT molecular complexity index is 533. The molecule has 1 heterocycles. The quantitative estimate of drug-likeness (QED) is 0.868. The fourth-order valence-electron chi connectivity index (χ4n) is 1.75. The van der Waals surface area contributed by atoms with Crippen LogP contribution in [0.15, 0.2) is 18.3 Å². The molecule has 1 atom stereocenters. The van der Waals surface area contributed by atoms with Crippen LogP contribution in [0, 0.1) is 17.3 Å². The third-order valence-corrected chi connectivity index (χ3v) is 3.61. The lowest BCUT2D eigenvalue weighted by atomic mass is 9.87. The molecule has 1 amide bonds. The summed E-state index contributed by atoms with van der Waals surface area (Å²) in [5, 5.41) is 8.67. The summed E-state index contributed by atoms with van der Waals surface area (Å²) in [6.45, 7) is 8.40. The Labute approximate surface area is 127 Å². The SMILES string of the molecule is CC(N(C)C(=O)c1ccc(C#CCCO)cn1)C(C)(C)C. The summed E-state index contributed by atoms with van der Waals surface area (Å²) in [4.78, 5) is 18.3. The molecule has 114 valence electrons. The van der Waals surface area contributed by atoms with E-state index in [1.807, 2.05) is 6.92 Å². The lowest BCUT2D eigenvalue weighted by Gasteiger charge is -2.35. The van der Waals surface area contributed by atoms with Gasteiger partial charge in [-0.2, -0.15) is 0 Å². The van der Waals surface area contributed by atoms with Crippen LogP contribution in [0.3, 0.4) is 0 Å². The minimum atomic E-state index is -0.0905. The van der Waals surface area contributed by atoms with Crippen molar-refractivity contribution in [3.05, 3.63) is 29.6 Å². The van der Waals surface area contributed by atoms with Crippen molar-refractivity contribution in [2.75, 3.05) is 13.7 Å². The van der Waals surface area contributed by atoms with Crippen molar-refractivity contribution in [1.82, 2.24) is 9.88 Å². The van der Waals surface area contributed by atoms with E-state index in [0.717, 1.165) is 5.56 Å². The maximum absolute atomic E-state index is 12.4. The largest absolute Gasteiger partial charge is 0.395 e. The van der Waals surface area contributed by atoms with Crippen molar-refractivity contribution in [3.8, 4) is 11.8 Å². The van der Waals surface area contributed by atoms with Gasteiger partial charge >= 0.3 is 0 Å². The number of carbonyl (C=O) groups excluding carboxylic acids is 1. The molecule has 0 aliphatic rings. The highest BCUT2D eigenvalue weighted by Gasteiger charge is 2.27. The molecule has 0 fully saturated rings. The van der Waals surface area contributed by atoms with E-state index in [-0.39, 0.29) is 24.0 Å². The van der Waals surface area contributed by atoms with Gasteiger partial charge in [0.2, 0.25) is 0 Å². The first kappa shape index (κ1) is 17.2. The Hall–Kier alpha value is -1.86. The number of rotatable bonds is 3. The van der Waals surface area contributed by atoms with Gasteiger partial charge in [-0.3, -0.25) is 4.79 Å². The zero-order chi connectivity index (χ0) is 16.0. The number of nitrogens with zero attached hydrogens (tertiary/aromatic N) is 2. The smallest absolute Gasteiger partial charge is 0.272 e. The van der Waals surface area contributed by atoms with Crippen molar-refractivity contribution in [1.29, 1.82) is 0 Å². The van der Waals surface area contributed by atoms with E-state index in [0.29, 0.717) is 12.1 Å². The van der Waals surface area contributed by atoms with Crippen LogP contribution >= 0.6 is 0 Å². The molecule has 0 saturated carbocycles. The Balaban J connectivity index is 2.83. The van der Waals surface area contributed by atoms with E-state index < -0.39 is 0 Å². The Morgan fingerprint density at radius 3 is 2.57 bits per heavy atom. The molecule has 21 heavy (non-hydrogen) atoms. The van der Waals surface area contributed by atoms with Gasteiger partial charge < -0.3 is 10.0 Å². The topological polar surface area (TPSA) is 53.4 Å². The molecule has 4 heteroatoms. The second-order valence-corrected chi connectivity index (χ2v) is 6.17. The highest BCUT2D eigenvalue weighted by molar-refractivity contribution is 5.92. The summed E-state index contributed by atoms with van der Waals surface area (Å²) in [6, 6.07) is 3.58. The zero-order valence-electron chi connectivity index (χ0n) is 13.5. The van der Waals surface area contributed by atoms with Crippen LogP contribution in [0.1, 0.15) is 50.2 Å². The lowest BCUT2D eigenvalue weighted by molar-refractivity contribution is 0.0623. The summed E-state index contributed by atoms with van der Waals surface area (Å²) < 4.78 is 0. The van der Waals surface area contributed by atoms with Crippen molar-refractivity contribution in [2.24, 2.45) is 5.41 Å². The number of aromatic nitrogens is 1. The molecule has 0 aliphatic carbocycles. The molecule has 0 aromatic carbocycles. The maximum atomic E-state index is 12.4. The third kappa shape index (κ3) is 4.87. The number of hydrogen-bond acceptors (Lipinski definition) is 3. The molecule has 1 aromatic heterocycles. The lowest BCUT2D eigenvalue weighted by Crippen LogP contribution is -2.43. The van der Waals surface area contributed by atoms with Crippen LogP contribution in [0.25, 0.3) is 0 Å². The molecule has 0 bridgehead atoms. The predicted octanol–water partition coefficient (Wildman–Crippen LogP) is 2.32. The number of aliphatic hydroxyl groups is 1. The van der Waals surface area contributed by atoms with Crippen LogP contribution in [-0.4, -0.2) is 40.6 Å². The number of aliphatic hydroxyl groups excluding tert-OH is 1. The summed E-state index contributed by atoms with van der Waals surface area (Å²) in [5.41, 5.74) is 1.17. The van der Waals surface area contributed by atoms with Gasteiger partial charge in [-0.15, -0.1) is 0 Å². The molecular formula is C17H24N2O2. The molecule has 0 radical (unpaired) electrons. The highest BCUT2D eigenvalue weighted by atomic mass is 16.2. The second kappa shape index (κ2) is 7.24. The number of carbonyl (C=O) groups is 1. The van der Waals surface area contributed by atoms with E-state index in [2.05, 4.69) is 37.6 Å². The van der Waals surface area contributed by atoms with E-state index in [9.17, 15) is 4.79 Å². The maximum Gasteiger partial charge on any atom is 0.272 e. The molecule has 0 aliphatic heterocycles. The van der Waals surface area contributed by atoms with Gasteiger partial charge in [0.25, 0.3) is 5.91 Å². The Morgan fingerprint density at radius 2 is 2.10 bits per heavy atom. The minimum absolute atomic E-state index is 0.0140. The van der Waals surface area contributed by atoms with Crippen molar-refractivity contribution in [3.63, 3.8) is 0 Å². The number of amides is 1. The molecule has 1 N–H and O–H groups in total. The van der Waals surface area contributed by atoms with Crippen molar-refractivity contribution < 1.29 is 9.90 Å². The average molecular weight is 288 g/mol. The van der Waals surface area contributed by atoms with Gasteiger partial charge in [0.1, 0.15) is 5.69 Å². The van der Waals surface area contributed by atoms with Gasteiger partial charge in [0, 0.05) is 31.3 Å². The fourth-order valence-corrected chi connectivity index (χ4v) is 1.75. The fraction of sp³-hybridized carbons (Fsp3) is 0.529. The summed E-state index contributed by atoms with van der Waals surface area (Å²) >= 11 is 0. The third-order valence-electron chi connectivity index (χ3n) is 3.61. The first-order valence-electron chi connectivity index (χ1n) is 7.10. The zero-order valence-corrected chi connectivity index (χ0v) is 13.5. The van der Waals surface area contributed by atoms with E-state index in [1.54, 1.807) is 30.3 Å². The standard InChI is InChI=1S/C17H24N2O2/c1-13(17(2,3)4)19(5)16(21)15-10-9-14(12-18-15)8-6-7-11-20/h9-10,12-13,20H,7,11H2,1-5H3.